The van der Waals surface area contributed by atoms with E-state index in [4.69, 9.17) is 11.6 Å². The molecule has 1 rings (SSSR count). The van der Waals surface area contributed by atoms with Crippen LogP contribution in [-0.4, -0.2) is 10.9 Å². The van der Waals surface area contributed by atoms with Gasteiger partial charge in [-0.25, -0.2) is 4.98 Å². The predicted octanol–water partition coefficient (Wildman–Crippen LogP) is 2.74. The summed E-state index contributed by atoms with van der Waals surface area (Å²) in [5.41, 5.74) is 1.08. The third-order valence-electron chi connectivity index (χ3n) is 1.44. The molecule has 0 radical (unpaired) electrons. The van der Waals surface area contributed by atoms with Gasteiger partial charge in [-0.05, 0) is 19.8 Å². The summed E-state index contributed by atoms with van der Waals surface area (Å²) in [6, 6.07) is 0. The Bertz CT molecular complexity index is 300. The fourth-order valence-corrected chi connectivity index (χ4v) is 1.60. The Morgan fingerprint density at radius 2 is 2.25 bits per heavy atom. The molecule has 3 heteroatoms. The number of nitrogens with zero attached hydrogens (tertiary/aromatic N) is 1. The van der Waals surface area contributed by atoms with E-state index in [-0.39, 0.29) is 0 Å². The van der Waals surface area contributed by atoms with Crippen molar-refractivity contribution < 1.29 is 0 Å². The van der Waals surface area contributed by atoms with Gasteiger partial charge in [0.15, 0.2) is 5.01 Å². The van der Waals surface area contributed by atoms with Gasteiger partial charge in [-0.3, -0.25) is 0 Å². The van der Waals surface area contributed by atoms with E-state index in [1.54, 1.807) is 11.3 Å². The van der Waals surface area contributed by atoms with E-state index in [0.717, 1.165) is 17.1 Å². The summed E-state index contributed by atoms with van der Waals surface area (Å²) in [4.78, 5) is 5.52. The number of aromatic nitrogens is 1. The summed E-state index contributed by atoms with van der Waals surface area (Å²) in [7, 11) is 0. The largest absolute Gasteiger partial charge is 0.233 e. The summed E-state index contributed by atoms with van der Waals surface area (Å²) in [5.74, 6) is 6.53. The van der Waals surface area contributed by atoms with Gasteiger partial charge in [0.2, 0.25) is 0 Å². The van der Waals surface area contributed by atoms with Crippen molar-refractivity contribution in [3.8, 4) is 11.8 Å². The molecule has 1 nitrogen and oxygen atoms in total. The van der Waals surface area contributed by atoms with Gasteiger partial charge in [-0.1, -0.05) is 5.92 Å². The minimum absolute atomic E-state index is 0.594. The average Bonchev–Trinajstić information content (AvgIpc) is 2.32. The Labute approximate surface area is 81.8 Å². The van der Waals surface area contributed by atoms with Crippen LogP contribution < -0.4 is 0 Å². The number of hydrogen-bond acceptors (Lipinski definition) is 2. The van der Waals surface area contributed by atoms with Crippen LogP contribution in [0.5, 0.6) is 0 Å². The van der Waals surface area contributed by atoms with Crippen LogP contribution in [-0.2, 0) is 0 Å². The van der Waals surface area contributed by atoms with E-state index < -0.39 is 0 Å². The van der Waals surface area contributed by atoms with Gasteiger partial charge in [0.05, 0.1) is 5.69 Å². The van der Waals surface area contributed by atoms with E-state index in [0.29, 0.717) is 5.88 Å². The highest BCUT2D eigenvalue weighted by molar-refractivity contribution is 7.12. The molecule has 0 saturated heterocycles. The fraction of sp³-hybridized carbons (Fsp3) is 0.444. The van der Waals surface area contributed by atoms with Crippen LogP contribution in [0.4, 0.5) is 0 Å². The maximum absolute atomic E-state index is 5.48. The van der Waals surface area contributed by atoms with Crippen LogP contribution >= 0.6 is 22.9 Å². The zero-order chi connectivity index (χ0) is 8.97. The highest BCUT2D eigenvalue weighted by Crippen LogP contribution is 2.14. The molecule has 64 valence electrons. The normalized spacial score (nSPS) is 9.25. The number of halogens is 1. The van der Waals surface area contributed by atoms with E-state index in [1.165, 1.54) is 4.88 Å². The minimum Gasteiger partial charge on any atom is -0.233 e. The summed E-state index contributed by atoms with van der Waals surface area (Å²) in [5, 5.41) is 0.898. The number of alkyl halides is 1. The zero-order valence-corrected chi connectivity index (χ0v) is 8.72. The van der Waals surface area contributed by atoms with Crippen LogP contribution in [0.1, 0.15) is 22.0 Å². The molecule has 0 fully saturated rings. The number of aryl methyl sites for hydroxylation is 2. The third-order valence-corrected chi connectivity index (χ3v) is 2.62. The van der Waals surface area contributed by atoms with Crippen LogP contribution in [0, 0.1) is 25.7 Å². The van der Waals surface area contributed by atoms with Crippen LogP contribution in [0.15, 0.2) is 0 Å². The summed E-state index contributed by atoms with van der Waals surface area (Å²) in [6.07, 6.45) is 0.735. The van der Waals surface area contributed by atoms with Gasteiger partial charge >= 0.3 is 0 Å². The maximum atomic E-state index is 5.48. The Morgan fingerprint density at radius 3 is 2.75 bits per heavy atom. The molecule has 0 bridgehead atoms. The Kier molecular flexibility index (Phi) is 3.58. The number of rotatable bonds is 1. The first kappa shape index (κ1) is 9.57. The third kappa shape index (κ3) is 2.51. The maximum Gasteiger partial charge on any atom is 0.167 e. The van der Waals surface area contributed by atoms with Gasteiger partial charge < -0.3 is 0 Å². The summed E-state index contributed by atoms with van der Waals surface area (Å²) in [6.45, 7) is 4.05. The quantitative estimate of drug-likeness (QED) is 0.501. The molecular formula is C9H10ClNS. The van der Waals surface area contributed by atoms with Crippen LogP contribution in [0.3, 0.4) is 0 Å². The van der Waals surface area contributed by atoms with Gasteiger partial charge in [0.25, 0.3) is 0 Å². The van der Waals surface area contributed by atoms with Crippen LogP contribution in [0.2, 0.25) is 0 Å². The SMILES string of the molecule is Cc1nc(C#CCCCl)sc1C. The van der Waals surface area contributed by atoms with E-state index in [2.05, 4.69) is 23.7 Å². The molecule has 0 aliphatic heterocycles. The monoisotopic (exact) mass is 199 g/mol. The molecule has 0 aliphatic carbocycles. The second-order valence-electron chi connectivity index (χ2n) is 2.40. The van der Waals surface area contributed by atoms with Crippen molar-refractivity contribution in [1.29, 1.82) is 0 Å². The molecule has 0 aliphatic rings. The van der Waals surface area contributed by atoms with Crippen molar-refractivity contribution >= 4 is 22.9 Å². The minimum atomic E-state index is 0.594. The zero-order valence-electron chi connectivity index (χ0n) is 7.15. The van der Waals surface area contributed by atoms with E-state index in [9.17, 15) is 0 Å². The first-order valence-corrected chi connectivity index (χ1v) is 5.08. The first-order chi connectivity index (χ1) is 5.74. The second kappa shape index (κ2) is 4.49. The lowest BCUT2D eigenvalue weighted by molar-refractivity contribution is 1.21. The first-order valence-electron chi connectivity index (χ1n) is 3.73. The average molecular weight is 200 g/mol. The summed E-state index contributed by atoms with van der Waals surface area (Å²) < 4.78 is 0. The number of hydrogen-bond donors (Lipinski definition) is 0. The Hall–Kier alpha value is -0.520. The lowest BCUT2D eigenvalue weighted by Gasteiger charge is -1.77. The molecule has 0 spiro atoms. The molecule has 0 N–H and O–H groups in total. The van der Waals surface area contributed by atoms with Crippen molar-refractivity contribution in [3.05, 3.63) is 15.6 Å². The molecule has 1 heterocycles. The van der Waals surface area contributed by atoms with Gasteiger partial charge in [-0.15, -0.1) is 22.9 Å². The molecular weight excluding hydrogens is 190 g/mol. The molecule has 0 saturated carbocycles. The van der Waals surface area contributed by atoms with E-state index >= 15 is 0 Å². The van der Waals surface area contributed by atoms with Gasteiger partial charge in [0.1, 0.15) is 0 Å². The number of thiazole rings is 1. The van der Waals surface area contributed by atoms with Crippen LogP contribution in [0.25, 0.3) is 0 Å². The fourth-order valence-electron chi connectivity index (χ4n) is 0.712. The standard InChI is InChI=1S/C9H10ClNS/c1-7-8(2)12-9(11-7)5-3-4-6-10/h4,6H2,1-2H3. The topological polar surface area (TPSA) is 12.9 Å². The van der Waals surface area contributed by atoms with Crippen molar-refractivity contribution in [3.63, 3.8) is 0 Å². The highest BCUT2D eigenvalue weighted by Gasteiger charge is 1.98. The molecule has 0 aromatic carbocycles. The lowest BCUT2D eigenvalue weighted by atomic mass is 10.4. The molecule has 12 heavy (non-hydrogen) atoms. The van der Waals surface area contributed by atoms with Crippen molar-refractivity contribution in [2.45, 2.75) is 20.3 Å². The molecule has 0 atom stereocenters. The van der Waals surface area contributed by atoms with Crippen molar-refractivity contribution in [2.24, 2.45) is 0 Å². The lowest BCUT2D eigenvalue weighted by Crippen LogP contribution is -1.74. The smallest absolute Gasteiger partial charge is 0.167 e. The highest BCUT2D eigenvalue weighted by atomic mass is 35.5. The van der Waals surface area contributed by atoms with Crippen molar-refractivity contribution in [1.82, 2.24) is 4.98 Å². The molecule has 0 amide bonds. The molecule has 1 aromatic rings. The second-order valence-corrected chi connectivity index (χ2v) is 3.98. The van der Waals surface area contributed by atoms with E-state index in [1.807, 2.05) is 6.92 Å². The summed E-state index contributed by atoms with van der Waals surface area (Å²) >= 11 is 7.12. The van der Waals surface area contributed by atoms with Crippen molar-refractivity contribution in [2.75, 3.05) is 5.88 Å². The Morgan fingerprint density at radius 1 is 1.50 bits per heavy atom. The predicted molar refractivity (Wildman–Crippen MR) is 53.8 cm³/mol. The molecule has 1 aromatic heterocycles. The molecule has 0 unspecified atom stereocenters. The van der Waals surface area contributed by atoms with Gasteiger partial charge in [0, 0.05) is 17.2 Å². The Balaban J connectivity index is 2.72. The van der Waals surface area contributed by atoms with Gasteiger partial charge in [-0.2, -0.15) is 0 Å².